The Bertz CT molecular complexity index is 403. The van der Waals surface area contributed by atoms with E-state index in [9.17, 15) is 0 Å². The van der Waals surface area contributed by atoms with Crippen LogP contribution >= 0.6 is 0 Å². The second-order valence-corrected chi connectivity index (χ2v) is 8.47. The SMILES string of the molecule is CN=C(NCCCOCC1CCOCC1)NCCCN1CC(C)CC(C)C1. The molecular formula is C21H42N4O2. The monoisotopic (exact) mass is 382 g/mol. The number of rotatable bonds is 10. The van der Waals surface area contributed by atoms with Crippen molar-refractivity contribution in [3.05, 3.63) is 0 Å². The van der Waals surface area contributed by atoms with Crippen LogP contribution in [0.4, 0.5) is 0 Å². The molecule has 2 atom stereocenters. The predicted molar refractivity (Wildman–Crippen MR) is 112 cm³/mol. The molecule has 2 N–H and O–H groups in total. The molecule has 2 aliphatic rings. The number of aliphatic imine (C=N–C) groups is 1. The van der Waals surface area contributed by atoms with Crippen LogP contribution in [0.2, 0.25) is 0 Å². The first-order valence-electron chi connectivity index (χ1n) is 11.0. The Morgan fingerprint density at radius 2 is 1.74 bits per heavy atom. The smallest absolute Gasteiger partial charge is 0.190 e. The van der Waals surface area contributed by atoms with Gasteiger partial charge in [-0.25, -0.2) is 0 Å². The average molecular weight is 383 g/mol. The lowest BCUT2D eigenvalue weighted by Crippen LogP contribution is -2.42. The maximum absolute atomic E-state index is 5.81. The predicted octanol–water partition coefficient (Wildman–Crippen LogP) is 2.35. The van der Waals surface area contributed by atoms with Gasteiger partial charge in [0.1, 0.15) is 0 Å². The molecular weight excluding hydrogens is 340 g/mol. The summed E-state index contributed by atoms with van der Waals surface area (Å²) in [5.41, 5.74) is 0. The molecule has 6 nitrogen and oxygen atoms in total. The average Bonchev–Trinajstić information content (AvgIpc) is 2.66. The summed E-state index contributed by atoms with van der Waals surface area (Å²) >= 11 is 0. The molecule has 0 saturated carbocycles. The molecule has 6 heteroatoms. The molecule has 0 bridgehead atoms. The highest BCUT2D eigenvalue weighted by molar-refractivity contribution is 5.79. The molecule has 0 aromatic rings. The standard InChI is InChI=1S/C21H42N4O2/c1-18-14-19(2)16-25(15-18)10-4-8-23-21(22-3)24-9-5-11-27-17-20-6-12-26-13-7-20/h18-20H,4-17H2,1-3H3,(H2,22,23,24). The number of hydrogen-bond acceptors (Lipinski definition) is 4. The van der Waals surface area contributed by atoms with E-state index in [1.54, 1.807) is 0 Å². The van der Waals surface area contributed by atoms with Gasteiger partial charge >= 0.3 is 0 Å². The van der Waals surface area contributed by atoms with E-state index in [1.165, 1.54) is 26.1 Å². The van der Waals surface area contributed by atoms with Crippen molar-refractivity contribution >= 4 is 5.96 Å². The highest BCUT2D eigenvalue weighted by atomic mass is 16.5. The van der Waals surface area contributed by atoms with Gasteiger partial charge in [0, 0.05) is 59.7 Å². The van der Waals surface area contributed by atoms with Gasteiger partial charge in [0.05, 0.1) is 0 Å². The fourth-order valence-corrected chi connectivity index (χ4v) is 4.25. The van der Waals surface area contributed by atoms with Gasteiger partial charge in [-0.15, -0.1) is 0 Å². The lowest BCUT2D eigenvalue weighted by molar-refractivity contribution is 0.0203. The Balaban J connectivity index is 1.44. The molecule has 2 rings (SSSR count). The van der Waals surface area contributed by atoms with Gasteiger partial charge in [0.15, 0.2) is 5.96 Å². The van der Waals surface area contributed by atoms with Crippen molar-refractivity contribution in [2.75, 3.05) is 66.2 Å². The summed E-state index contributed by atoms with van der Waals surface area (Å²) in [7, 11) is 1.84. The summed E-state index contributed by atoms with van der Waals surface area (Å²) in [6.45, 7) is 13.8. The van der Waals surface area contributed by atoms with E-state index in [0.29, 0.717) is 5.92 Å². The van der Waals surface area contributed by atoms with E-state index >= 15 is 0 Å². The van der Waals surface area contributed by atoms with Gasteiger partial charge < -0.3 is 25.0 Å². The van der Waals surface area contributed by atoms with Crippen molar-refractivity contribution in [2.24, 2.45) is 22.7 Å². The van der Waals surface area contributed by atoms with Gasteiger partial charge in [-0.3, -0.25) is 4.99 Å². The quantitative estimate of drug-likeness (QED) is 0.345. The van der Waals surface area contributed by atoms with Crippen molar-refractivity contribution < 1.29 is 9.47 Å². The van der Waals surface area contributed by atoms with Gasteiger partial charge in [-0.05, 0) is 56.4 Å². The summed E-state index contributed by atoms with van der Waals surface area (Å²) in [5, 5.41) is 6.82. The van der Waals surface area contributed by atoms with Gasteiger partial charge in [0.25, 0.3) is 0 Å². The molecule has 0 aromatic carbocycles. The number of ether oxygens (including phenoxy) is 2. The second kappa shape index (κ2) is 13.3. The van der Waals surface area contributed by atoms with E-state index in [0.717, 1.165) is 83.0 Å². The molecule has 2 fully saturated rings. The first-order valence-corrected chi connectivity index (χ1v) is 11.0. The lowest BCUT2D eigenvalue weighted by atomic mass is 9.92. The van der Waals surface area contributed by atoms with Crippen LogP contribution in [0.5, 0.6) is 0 Å². The first-order chi connectivity index (χ1) is 13.2. The van der Waals surface area contributed by atoms with Crippen LogP contribution in [-0.2, 0) is 9.47 Å². The van der Waals surface area contributed by atoms with Gasteiger partial charge in [-0.1, -0.05) is 13.8 Å². The first kappa shape index (κ1) is 22.4. The van der Waals surface area contributed by atoms with Gasteiger partial charge in [0.2, 0.25) is 0 Å². The van der Waals surface area contributed by atoms with Crippen molar-refractivity contribution in [1.29, 1.82) is 0 Å². The third-order valence-corrected chi connectivity index (χ3v) is 5.56. The molecule has 0 amide bonds. The van der Waals surface area contributed by atoms with E-state index in [-0.39, 0.29) is 0 Å². The zero-order valence-electron chi connectivity index (χ0n) is 17.8. The normalized spacial score (nSPS) is 25.5. The Labute approximate surface area is 166 Å². The highest BCUT2D eigenvalue weighted by Gasteiger charge is 2.21. The van der Waals surface area contributed by atoms with Gasteiger partial charge in [-0.2, -0.15) is 0 Å². The minimum absolute atomic E-state index is 0.687. The summed E-state index contributed by atoms with van der Waals surface area (Å²) in [4.78, 5) is 6.93. The fourth-order valence-electron chi connectivity index (χ4n) is 4.25. The Hall–Kier alpha value is -0.850. The molecule has 158 valence electrons. The summed E-state index contributed by atoms with van der Waals surface area (Å²) in [6.07, 6.45) is 5.83. The number of nitrogens with zero attached hydrogens (tertiary/aromatic N) is 2. The highest BCUT2D eigenvalue weighted by Crippen LogP contribution is 2.20. The largest absolute Gasteiger partial charge is 0.381 e. The Morgan fingerprint density at radius 3 is 2.41 bits per heavy atom. The molecule has 0 aliphatic carbocycles. The zero-order valence-corrected chi connectivity index (χ0v) is 17.8. The summed E-state index contributed by atoms with van der Waals surface area (Å²) in [6, 6.07) is 0. The number of likely N-dealkylation sites (tertiary alicyclic amines) is 1. The zero-order chi connectivity index (χ0) is 19.3. The third kappa shape index (κ3) is 9.77. The minimum Gasteiger partial charge on any atom is -0.381 e. The summed E-state index contributed by atoms with van der Waals surface area (Å²) < 4.78 is 11.2. The molecule has 27 heavy (non-hydrogen) atoms. The molecule has 2 unspecified atom stereocenters. The minimum atomic E-state index is 0.687. The number of piperidine rings is 1. The van der Waals surface area contributed by atoms with Crippen LogP contribution in [0.25, 0.3) is 0 Å². The molecule has 2 heterocycles. The number of nitrogens with one attached hydrogen (secondary N) is 2. The van der Waals surface area contributed by atoms with Crippen molar-refractivity contribution in [3.8, 4) is 0 Å². The van der Waals surface area contributed by atoms with E-state index in [4.69, 9.17) is 9.47 Å². The van der Waals surface area contributed by atoms with E-state index in [2.05, 4.69) is 34.4 Å². The van der Waals surface area contributed by atoms with Crippen LogP contribution in [-0.4, -0.2) is 77.1 Å². The maximum Gasteiger partial charge on any atom is 0.190 e. The summed E-state index contributed by atoms with van der Waals surface area (Å²) in [5.74, 6) is 3.27. The maximum atomic E-state index is 5.81. The molecule has 2 saturated heterocycles. The molecule has 0 aromatic heterocycles. The Morgan fingerprint density at radius 1 is 1.07 bits per heavy atom. The van der Waals surface area contributed by atoms with Crippen LogP contribution < -0.4 is 10.6 Å². The van der Waals surface area contributed by atoms with Crippen molar-refractivity contribution in [1.82, 2.24) is 15.5 Å². The van der Waals surface area contributed by atoms with Crippen LogP contribution in [0.3, 0.4) is 0 Å². The van der Waals surface area contributed by atoms with Crippen molar-refractivity contribution in [2.45, 2.75) is 46.0 Å². The number of hydrogen-bond donors (Lipinski definition) is 2. The van der Waals surface area contributed by atoms with Crippen LogP contribution in [0, 0.1) is 17.8 Å². The van der Waals surface area contributed by atoms with Crippen LogP contribution in [0.1, 0.15) is 46.0 Å². The molecule has 0 spiro atoms. The molecule has 2 aliphatic heterocycles. The van der Waals surface area contributed by atoms with E-state index < -0.39 is 0 Å². The van der Waals surface area contributed by atoms with Crippen molar-refractivity contribution in [3.63, 3.8) is 0 Å². The second-order valence-electron chi connectivity index (χ2n) is 8.47. The topological polar surface area (TPSA) is 58.1 Å². The van der Waals surface area contributed by atoms with E-state index in [1.807, 2.05) is 7.05 Å². The third-order valence-electron chi connectivity index (χ3n) is 5.56. The molecule has 0 radical (unpaired) electrons. The number of guanidine groups is 1. The van der Waals surface area contributed by atoms with Crippen LogP contribution in [0.15, 0.2) is 4.99 Å². The lowest BCUT2D eigenvalue weighted by Gasteiger charge is -2.35. The Kier molecular flexibility index (Phi) is 11.1. The fraction of sp³-hybridized carbons (Fsp3) is 0.952.